The topological polar surface area (TPSA) is 61.5 Å². The molecule has 2 N–H and O–H groups in total. The number of amides is 1. The molecule has 152 valence electrons. The molecule has 4 heteroatoms. The summed E-state index contributed by atoms with van der Waals surface area (Å²) in [5, 5.41) is 0. The minimum atomic E-state index is -0.240. The van der Waals surface area contributed by atoms with Crippen LogP contribution in [0.5, 0.6) is 11.5 Å². The molecule has 0 heterocycles. The fourth-order valence-corrected chi connectivity index (χ4v) is 3.44. The number of unbranched alkanes of at least 4 members (excludes halogenated alkanes) is 1. The molecular weight excluding hydrogens is 350 g/mol. The van der Waals surface area contributed by atoms with E-state index in [0.29, 0.717) is 19.6 Å². The van der Waals surface area contributed by atoms with Crippen molar-refractivity contribution in [2.45, 2.75) is 52.9 Å². The Morgan fingerprint density at radius 1 is 0.964 bits per heavy atom. The molecule has 2 aromatic rings. The van der Waals surface area contributed by atoms with Gasteiger partial charge in [0, 0.05) is 11.5 Å². The van der Waals surface area contributed by atoms with E-state index >= 15 is 0 Å². The Hall–Kier alpha value is -2.49. The Morgan fingerprint density at radius 3 is 2.11 bits per heavy atom. The van der Waals surface area contributed by atoms with Gasteiger partial charge in [-0.2, -0.15) is 0 Å². The highest BCUT2D eigenvalue weighted by molar-refractivity contribution is 5.77. The van der Waals surface area contributed by atoms with Crippen molar-refractivity contribution < 1.29 is 14.3 Å². The van der Waals surface area contributed by atoms with E-state index in [2.05, 4.69) is 24.3 Å². The van der Waals surface area contributed by atoms with Gasteiger partial charge in [-0.25, -0.2) is 0 Å². The van der Waals surface area contributed by atoms with Crippen LogP contribution in [0.25, 0.3) is 0 Å². The molecule has 0 saturated carbocycles. The molecule has 0 bridgehead atoms. The Bertz CT molecular complexity index is 716. The average molecular weight is 384 g/mol. The zero-order valence-electron chi connectivity index (χ0n) is 17.4. The van der Waals surface area contributed by atoms with E-state index in [1.165, 1.54) is 5.56 Å². The number of carbonyl (C=O) groups is 1. The first-order valence-corrected chi connectivity index (χ1v) is 10.3. The number of rotatable bonds is 12. The predicted molar refractivity (Wildman–Crippen MR) is 114 cm³/mol. The number of hydrogen-bond acceptors (Lipinski definition) is 3. The van der Waals surface area contributed by atoms with Gasteiger partial charge in [0.05, 0.1) is 13.2 Å². The van der Waals surface area contributed by atoms with Crippen molar-refractivity contribution in [3.63, 3.8) is 0 Å². The van der Waals surface area contributed by atoms with Gasteiger partial charge in [0.2, 0.25) is 5.91 Å². The van der Waals surface area contributed by atoms with Crippen molar-refractivity contribution in [1.29, 1.82) is 0 Å². The lowest BCUT2D eigenvalue weighted by Crippen LogP contribution is -2.25. The molecular formula is C24H33NO3. The maximum atomic E-state index is 12.0. The van der Waals surface area contributed by atoms with E-state index in [1.54, 1.807) is 0 Å². The van der Waals surface area contributed by atoms with Crippen molar-refractivity contribution in [3.05, 3.63) is 59.2 Å². The van der Waals surface area contributed by atoms with Gasteiger partial charge < -0.3 is 15.2 Å². The number of carbonyl (C=O) groups excluding carboxylic acids is 1. The maximum absolute atomic E-state index is 12.0. The number of primary amides is 1. The van der Waals surface area contributed by atoms with Crippen LogP contribution in [0.1, 0.15) is 49.8 Å². The van der Waals surface area contributed by atoms with Gasteiger partial charge in [-0.15, -0.1) is 0 Å². The van der Waals surface area contributed by atoms with Crippen molar-refractivity contribution in [1.82, 2.24) is 0 Å². The maximum Gasteiger partial charge on any atom is 0.220 e. The first-order valence-electron chi connectivity index (χ1n) is 10.3. The quantitative estimate of drug-likeness (QED) is 0.533. The lowest BCUT2D eigenvalue weighted by Gasteiger charge is -2.18. The number of hydrogen-bond donors (Lipinski definition) is 1. The molecule has 0 aliphatic carbocycles. The van der Waals surface area contributed by atoms with Gasteiger partial charge in [0.1, 0.15) is 11.5 Å². The third-order valence-corrected chi connectivity index (χ3v) is 4.97. The molecule has 0 radical (unpaired) electrons. The molecule has 2 rings (SSSR count). The van der Waals surface area contributed by atoms with Crippen LogP contribution in [0.3, 0.4) is 0 Å². The number of ether oxygens (including phenoxy) is 2. The van der Waals surface area contributed by atoms with Crippen molar-refractivity contribution in [2.24, 2.45) is 11.7 Å². The lowest BCUT2D eigenvalue weighted by molar-refractivity contribution is -0.122. The average Bonchev–Trinajstić information content (AvgIpc) is 2.68. The summed E-state index contributed by atoms with van der Waals surface area (Å²) < 4.78 is 11.5. The number of aryl methyl sites for hydroxylation is 1. The summed E-state index contributed by atoms with van der Waals surface area (Å²) in [4.78, 5) is 12.0. The van der Waals surface area contributed by atoms with Crippen molar-refractivity contribution in [2.75, 3.05) is 13.2 Å². The first kappa shape index (κ1) is 21.8. The van der Waals surface area contributed by atoms with Gasteiger partial charge in [-0.05, 0) is 69.7 Å². The second kappa shape index (κ2) is 11.4. The normalized spacial score (nSPS) is 11.8. The summed E-state index contributed by atoms with van der Waals surface area (Å²) in [5.74, 6) is 1.21. The Kier molecular flexibility index (Phi) is 8.86. The number of nitrogens with two attached hydrogens (primary N) is 1. The van der Waals surface area contributed by atoms with Crippen LogP contribution in [0.15, 0.2) is 42.5 Å². The molecule has 0 saturated heterocycles. The molecule has 0 aliphatic rings. The molecule has 28 heavy (non-hydrogen) atoms. The van der Waals surface area contributed by atoms with Gasteiger partial charge >= 0.3 is 0 Å². The molecule has 2 aromatic carbocycles. The monoisotopic (exact) mass is 383 g/mol. The molecule has 0 aliphatic heterocycles. The Morgan fingerprint density at radius 2 is 1.57 bits per heavy atom. The highest BCUT2D eigenvalue weighted by Gasteiger charge is 2.18. The van der Waals surface area contributed by atoms with Gasteiger partial charge in [0.15, 0.2) is 0 Å². The van der Waals surface area contributed by atoms with Gasteiger partial charge in [-0.3, -0.25) is 4.79 Å². The zero-order valence-corrected chi connectivity index (χ0v) is 17.4. The summed E-state index contributed by atoms with van der Waals surface area (Å²) in [7, 11) is 0. The van der Waals surface area contributed by atoms with Crippen molar-refractivity contribution >= 4 is 5.91 Å². The summed E-state index contributed by atoms with van der Waals surface area (Å²) in [5.41, 5.74) is 9.06. The van der Waals surface area contributed by atoms with Gasteiger partial charge in [0.25, 0.3) is 0 Å². The minimum Gasteiger partial charge on any atom is -0.493 e. The van der Waals surface area contributed by atoms with Crippen LogP contribution < -0.4 is 15.2 Å². The molecule has 0 aromatic heterocycles. The first-order chi connectivity index (χ1) is 13.5. The molecule has 1 unspecified atom stereocenters. The smallest absolute Gasteiger partial charge is 0.220 e. The largest absolute Gasteiger partial charge is 0.493 e. The summed E-state index contributed by atoms with van der Waals surface area (Å²) in [6.45, 7) is 7.11. The molecule has 0 fully saturated rings. The second-order valence-corrected chi connectivity index (χ2v) is 7.12. The van der Waals surface area contributed by atoms with Crippen LogP contribution >= 0.6 is 0 Å². The molecule has 0 spiro atoms. The summed E-state index contributed by atoms with van der Waals surface area (Å²) >= 11 is 0. The van der Waals surface area contributed by atoms with Crippen LogP contribution in [0.4, 0.5) is 0 Å². The third kappa shape index (κ3) is 6.59. The predicted octanol–water partition coefficient (Wildman–Crippen LogP) is 4.85. The van der Waals surface area contributed by atoms with E-state index in [1.807, 2.05) is 39.0 Å². The molecule has 4 nitrogen and oxygen atoms in total. The van der Waals surface area contributed by atoms with Crippen LogP contribution in [0.2, 0.25) is 0 Å². The fourth-order valence-electron chi connectivity index (χ4n) is 3.44. The zero-order chi connectivity index (χ0) is 20.4. The molecule has 1 atom stereocenters. The van der Waals surface area contributed by atoms with E-state index < -0.39 is 0 Å². The lowest BCUT2D eigenvalue weighted by atomic mass is 9.92. The summed E-state index contributed by atoms with van der Waals surface area (Å²) in [6.07, 6.45) is 4.46. The summed E-state index contributed by atoms with van der Waals surface area (Å²) in [6, 6.07) is 14.5. The highest BCUT2D eigenvalue weighted by atomic mass is 16.5. The highest BCUT2D eigenvalue weighted by Crippen LogP contribution is 2.31. The Balaban J connectivity index is 2.01. The standard InChI is InChI=1S/C24H33NO3/c1-4-27-22-16-20(17-23(18(22)3)28-5-2)15-21(24(25)26)14-10-9-13-19-11-7-6-8-12-19/h6-8,11-12,16-17,21H,4-5,9-10,13-15H2,1-3H3,(H2,25,26). The number of benzene rings is 2. The van der Waals surface area contributed by atoms with Gasteiger partial charge in [-0.1, -0.05) is 36.8 Å². The minimum absolute atomic E-state index is 0.178. The fraction of sp³-hybridized carbons (Fsp3) is 0.458. The van der Waals surface area contributed by atoms with Crippen LogP contribution in [-0.4, -0.2) is 19.1 Å². The van der Waals surface area contributed by atoms with Crippen molar-refractivity contribution in [3.8, 4) is 11.5 Å². The van der Waals surface area contributed by atoms with E-state index in [4.69, 9.17) is 15.2 Å². The third-order valence-electron chi connectivity index (χ3n) is 4.97. The molecule has 1 amide bonds. The van der Waals surface area contributed by atoms with Crippen LogP contribution in [-0.2, 0) is 17.6 Å². The van der Waals surface area contributed by atoms with E-state index in [0.717, 1.165) is 48.3 Å². The SMILES string of the molecule is CCOc1cc(CC(CCCCc2ccccc2)C(N)=O)cc(OCC)c1C. The second-order valence-electron chi connectivity index (χ2n) is 7.12. The Labute approximate surface area is 169 Å². The van der Waals surface area contributed by atoms with E-state index in [9.17, 15) is 4.79 Å². The van der Waals surface area contributed by atoms with E-state index in [-0.39, 0.29) is 11.8 Å². The van der Waals surface area contributed by atoms with Crippen LogP contribution in [0, 0.1) is 12.8 Å².